The van der Waals surface area contributed by atoms with Gasteiger partial charge in [-0.2, -0.15) is 0 Å². The third-order valence-corrected chi connectivity index (χ3v) is 4.35. The summed E-state index contributed by atoms with van der Waals surface area (Å²) in [6, 6.07) is 0. The number of halogens is 1. The Labute approximate surface area is 118 Å². The van der Waals surface area contributed by atoms with Gasteiger partial charge in [-0.3, -0.25) is 0 Å². The Morgan fingerprint density at radius 3 is 0.889 bits per heavy atom. The number of hydrogen-bond acceptors (Lipinski definition) is 0. The van der Waals surface area contributed by atoms with Crippen LogP contribution in [0.5, 0.6) is 0 Å². The number of rotatable bonds is 6. The molecule has 0 aliphatic carbocycles. The second-order valence-electron chi connectivity index (χ2n) is 4.77. The summed E-state index contributed by atoms with van der Waals surface area (Å²) >= 11 is 6.25. The van der Waals surface area contributed by atoms with Gasteiger partial charge in [0.25, 0.3) is 0 Å². The van der Waals surface area contributed by atoms with Crippen molar-refractivity contribution in [2.24, 2.45) is 0 Å². The quantitative estimate of drug-likeness (QED) is 0.618. The molecule has 0 aromatic heterocycles. The molecular weight excluding hydrogens is 240 g/mol. The number of benzene rings is 1. The molecule has 0 aliphatic heterocycles. The zero-order valence-corrected chi connectivity index (χ0v) is 13.4. The van der Waals surface area contributed by atoms with Crippen molar-refractivity contribution in [1.29, 1.82) is 0 Å². The first kappa shape index (κ1) is 15.6. The van der Waals surface area contributed by atoms with Crippen molar-refractivity contribution in [3.05, 3.63) is 33.4 Å². The molecule has 1 heteroatoms. The highest BCUT2D eigenvalue weighted by molar-refractivity contribution is 6.17. The van der Waals surface area contributed by atoms with Gasteiger partial charge in [0.1, 0.15) is 0 Å². The van der Waals surface area contributed by atoms with Crippen molar-refractivity contribution in [2.75, 3.05) is 0 Å². The maximum absolute atomic E-state index is 6.25. The molecule has 0 amide bonds. The molecule has 102 valence electrons. The summed E-state index contributed by atoms with van der Waals surface area (Å²) in [6.07, 6.45) is 5.62. The molecule has 1 aromatic rings. The topological polar surface area (TPSA) is 0 Å². The van der Waals surface area contributed by atoms with E-state index in [0.29, 0.717) is 5.88 Å². The van der Waals surface area contributed by atoms with Crippen molar-refractivity contribution < 1.29 is 0 Å². The van der Waals surface area contributed by atoms with E-state index >= 15 is 0 Å². The van der Waals surface area contributed by atoms with Gasteiger partial charge in [-0.1, -0.05) is 34.6 Å². The van der Waals surface area contributed by atoms with Crippen LogP contribution in [0.4, 0.5) is 0 Å². The van der Waals surface area contributed by atoms with Crippen molar-refractivity contribution in [2.45, 2.75) is 72.6 Å². The fourth-order valence-corrected chi connectivity index (χ4v) is 3.71. The van der Waals surface area contributed by atoms with Crippen LogP contribution in [0.25, 0.3) is 0 Å². The smallest absolute Gasteiger partial charge is 0.0479 e. The van der Waals surface area contributed by atoms with Gasteiger partial charge in [0.2, 0.25) is 0 Å². The van der Waals surface area contributed by atoms with E-state index < -0.39 is 0 Å². The first-order valence-corrected chi connectivity index (χ1v) is 7.96. The summed E-state index contributed by atoms with van der Waals surface area (Å²) in [4.78, 5) is 0. The normalized spacial score (nSPS) is 11.0. The van der Waals surface area contributed by atoms with E-state index in [2.05, 4.69) is 34.6 Å². The standard InChI is InChI=1S/C17H27Cl/c1-6-12-13(7-2)15(9-4)17(11-18)16(10-5)14(12)8-3/h6-11H2,1-5H3. The predicted molar refractivity (Wildman–Crippen MR) is 82.9 cm³/mol. The fraction of sp³-hybridized carbons (Fsp3) is 0.647. The van der Waals surface area contributed by atoms with Gasteiger partial charge in [-0.05, 0) is 65.5 Å². The van der Waals surface area contributed by atoms with E-state index in [1.807, 2.05) is 0 Å². The van der Waals surface area contributed by atoms with E-state index in [1.165, 1.54) is 16.7 Å². The molecule has 18 heavy (non-hydrogen) atoms. The van der Waals surface area contributed by atoms with Crippen LogP contribution in [0, 0.1) is 0 Å². The maximum atomic E-state index is 6.25. The summed E-state index contributed by atoms with van der Waals surface area (Å²) in [6.45, 7) is 11.4. The van der Waals surface area contributed by atoms with Crippen LogP contribution in [0.2, 0.25) is 0 Å². The zero-order chi connectivity index (χ0) is 13.7. The van der Waals surface area contributed by atoms with Gasteiger partial charge in [0.05, 0.1) is 0 Å². The van der Waals surface area contributed by atoms with Crippen LogP contribution in [0.3, 0.4) is 0 Å². The molecular formula is C17H27Cl. The van der Waals surface area contributed by atoms with Crippen LogP contribution in [-0.4, -0.2) is 0 Å². The third-order valence-electron chi connectivity index (χ3n) is 4.09. The van der Waals surface area contributed by atoms with Crippen molar-refractivity contribution in [1.82, 2.24) is 0 Å². The van der Waals surface area contributed by atoms with E-state index in [1.54, 1.807) is 16.7 Å². The SMILES string of the molecule is CCc1c(CC)c(CC)c(CCl)c(CC)c1CC. The molecule has 0 aliphatic rings. The van der Waals surface area contributed by atoms with Crippen molar-refractivity contribution in [3.8, 4) is 0 Å². The Morgan fingerprint density at radius 2 is 0.722 bits per heavy atom. The molecule has 0 N–H and O–H groups in total. The van der Waals surface area contributed by atoms with Crippen LogP contribution in [0.15, 0.2) is 0 Å². The summed E-state index contributed by atoms with van der Waals surface area (Å²) in [5.41, 5.74) is 9.22. The fourth-order valence-electron chi connectivity index (χ4n) is 3.39. The highest BCUT2D eigenvalue weighted by Crippen LogP contribution is 2.32. The minimum atomic E-state index is 0.663. The van der Waals surface area contributed by atoms with Gasteiger partial charge >= 0.3 is 0 Å². The molecule has 0 spiro atoms. The maximum Gasteiger partial charge on any atom is 0.0479 e. The molecule has 0 nitrogen and oxygen atoms in total. The largest absolute Gasteiger partial charge is 0.122 e. The van der Waals surface area contributed by atoms with Crippen molar-refractivity contribution >= 4 is 11.6 Å². The summed E-state index contributed by atoms with van der Waals surface area (Å²) < 4.78 is 0. The van der Waals surface area contributed by atoms with Gasteiger partial charge in [0.15, 0.2) is 0 Å². The first-order chi connectivity index (χ1) is 8.69. The minimum absolute atomic E-state index is 0.663. The predicted octanol–water partition coefficient (Wildman–Crippen LogP) is 5.24. The van der Waals surface area contributed by atoms with E-state index in [-0.39, 0.29) is 0 Å². The minimum Gasteiger partial charge on any atom is -0.122 e. The second-order valence-corrected chi connectivity index (χ2v) is 5.04. The molecule has 0 unspecified atom stereocenters. The Hall–Kier alpha value is -0.490. The van der Waals surface area contributed by atoms with E-state index in [9.17, 15) is 0 Å². The Morgan fingerprint density at radius 1 is 0.500 bits per heavy atom. The van der Waals surface area contributed by atoms with E-state index in [0.717, 1.165) is 32.1 Å². The lowest BCUT2D eigenvalue weighted by Crippen LogP contribution is -2.11. The summed E-state index contributed by atoms with van der Waals surface area (Å²) in [5, 5.41) is 0. The molecule has 1 rings (SSSR count). The lowest BCUT2D eigenvalue weighted by Gasteiger charge is -2.24. The Balaban J connectivity index is 3.71. The summed E-state index contributed by atoms with van der Waals surface area (Å²) in [5.74, 6) is 0.663. The molecule has 0 atom stereocenters. The van der Waals surface area contributed by atoms with Gasteiger partial charge in [0, 0.05) is 5.88 Å². The monoisotopic (exact) mass is 266 g/mol. The highest BCUT2D eigenvalue weighted by atomic mass is 35.5. The average molecular weight is 267 g/mol. The number of hydrogen-bond donors (Lipinski definition) is 0. The molecule has 1 aromatic carbocycles. The van der Waals surface area contributed by atoms with Gasteiger partial charge in [-0.15, -0.1) is 11.6 Å². The van der Waals surface area contributed by atoms with Crippen LogP contribution in [-0.2, 0) is 38.0 Å². The highest BCUT2D eigenvalue weighted by Gasteiger charge is 2.18. The Bertz CT molecular complexity index is 284. The lowest BCUT2D eigenvalue weighted by molar-refractivity contribution is 0.894. The number of alkyl halides is 1. The van der Waals surface area contributed by atoms with Crippen LogP contribution in [0.1, 0.15) is 68.0 Å². The van der Waals surface area contributed by atoms with Crippen LogP contribution < -0.4 is 0 Å². The first-order valence-electron chi connectivity index (χ1n) is 7.42. The molecule has 0 saturated heterocycles. The average Bonchev–Trinajstić information content (AvgIpc) is 2.43. The molecule has 0 radical (unpaired) electrons. The molecule has 0 fully saturated rings. The van der Waals surface area contributed by atoms with Gasteiger partial charge < -0.3 is 0 Å². The molecule has 0 bridgehead atoms. The zero-order valence-electron chi connectivity index (χ0n) is 12.6. The van der Waals surface area contributed by atoms with E-state index in [4.69, 9.17) is 11.6 Å². The molecule has 0 saturated carbocycles. The van der Waals surface area contributed by atoms with Crippen LogP contribution >= 0.6 is 11.6 Å². The van der Waals surface area contributed by atoms with Crippen molar-refractivity contribution in [3.63, 3.8) is 0 Å². The second kappa shape index (κ2) is 7.19. The summed E-state index contributed by atoms with van der Waals surface area (Å²) in [7, 11) is 0. The molecule has 0 heterocycles. The Kier molecular flexibility index (Phi) is 6.21. The third kappa shape index (κ3) is 2.59. The lowest BCUT2D eigenvalue weighted by atomic mass is 9.82. The van der Waals surface area contributed by atoms with Gasteiger partial charge in [-0.25, -0.2) is 0 Å².